The van der Waals surface area contributed by atoms with Gasteiger partial charge in [-0.25, -0.2) is 0 Å². The lowest BCUT2D eigenvalue weighted by Crippen LogP contribution is -3.00. The molecule has 22 nitrogen and oxygen atoms in total. The zero-order chi connectivity index (χ0) is 74.4. The number of quaternary nitrogens is 3. The van der Waals surface area contributed by atoms with Gasteiger partial charge in [-0.05, 0) is 152 Å². The molecule has 97 heavy (non-hydrogen) atoms. The molecular weight excluding hydrogens is 1300 g/mol. The van der Waals surface area contributed by atoms with Crippen LogP contribution in [-0.2, 0) is 28.9 Å². The Kier molecular flexibility index (Phi) is 39.0. The van der Waals surface area contributed by atoms with Gasteiger partial charge in [-0.15, -0.1) is 0 Å². The maximum Gasteiger partial charge on any atom is 0.250 e. The first-order valence-electron chi connectivity index (χ1n) is 36.5. The molecule has 0 aromatic heterocycles. The van der Waals surface area contributed by atoms with E-state index in [-0.39, 0.29) is 115 Å². The number of carboxylic acids is 2. The Morgan fingerprint density at radius 2 is 0.660 bits per heavy atom. The van der Waals surface area contributed by atoms with Crippen molar-refractivity contribution >= 4 is 29.7 Å². The van der Waals surface area contributed by atoms with Gasteiger partial charge in [0, 0.05) is 89.9 Å². The summed E-state index contributed by atoms with van der Waals surface area (Å²) in [6, 6.07) is 4.61. The molecule has 15 atom stereocenters. The molecule has 0 aliphatic carbocycles. The van der Waals surface area contributed by atoms with Gasteiger partial charge < -0.3 is 81.5 Å². The molecule has 1 aromatic carbocycles. The summed E-state index contributed by atoms with van der Waals surface area (Å²) >= 11 is 0. The van der Waals surface area contributed by atoms with Crippen molar-refractivity contribution in [3.05, 3.63) is 35.4 Å². The Balaban J connectivity index is 0.00000130. The smallest absolute Gasteiger partial charge is 0.250 e. The number of aliphatic hydroxyl groups is 3. The van der Waals surface area contributed by atoms with Crippen LogP contribution < -0.4 is 43.1 Å². The van der Waals surface area contributed by atoms with Gasteiger partial charge >= 0.3 is 0 Å². The van der Waals surface area contributed by atoms with Crippen molar-refractivity contribution in [2.45, 2.75) is 292 Å². The summed E-state index contributed by atoms with van der Waals surface area (Å²) in [5, 5.41) is 67.5. The molecule has 3 aliphatic rings. The third kappa shape index (κ3) is 26.1. The lowest BCUT2D eigenvalue weighted by atomic mass is 9.69. The van der Waals surface area contributed by atoms with Crippen LogP contribution in [-0.4, -0.2) is 245 Å². The van der Waals surface area contributed by atoms with Crippen molar-refractivity contribution in [2.24, 2.45) is 17.8 Å². The highest BCUT2D eigenvalue weighted by molar-refractivity contribution is 5.90. The van der Waals surface area contributed by atoms with Crippen LogP contribution in [0.25, 0.3) is 0 Å². The van der Waals surface area contributed by atoms with Gasteiger partial charge in [-0.3, -0.25) is 28.9 Å². The number of rotatable bonds is 32. The molecule has 3 fully saturated rings. The molecule has 15 unspecified atom stereocenters. The average molecular weight is 1450 g/mol. The molecule has 6 N–H and O–H groups in total. The van der Waals surface area contributed by atoms with Crippen LogP contribution >= 0.6 is 0 Å². The molecule has 3 heterocycles. The van der Waals surface area contributed by atoms with E-state index in [0.29, 0.717) is 38.9 Å². The van der Waals surface area contributed by atoms with Gasteiger partial charge in [-0.1, -0.05) is 86.6 Å². The number of aliphatic hydroxyl groups excluding tert-OH is 3. The molecule has 0 spiro atoms. The summed E-state index contributed by atoms with van der Waals surface area (Å²) in [4.78, 5) is 77.3. The Hall–Kier alpha value is -3.43. The van der Waals surface area contributed by atoms with E-state index in [1.165, 1.54) is 0 Å². The first kappa shape index (κ1) is 93.6. The standard InChI is InChI=1S/3C22H45N3O3.C8H6O4.BrH/c3*1-10-21(6)16-19(26)17(4)22(7,11-2)24(21)28-18(5)20(27)23-14-13-15-25(8,9)12-3;9-7(10)5-1-2-6(4-3-5)8(11)12;/h3*17-19,26H,10-16H2,1-9H3;1-4H,(H,9,10)(H,11,12);1H. The predicted molar refractivity (Wildman–Crippen MR) is 379 cm³/mol. The fraction of sp³-hybridized carbons (Fsp3) is 0.851. The summed E-state index contributed by atoms with van der Waals surface area (Å²) < 4.78 is 2.87. The number of piperidine rings is 3. The van der Waals surface area contributed by atoms with Crippen molar-refractivity contribution in [3.63, 3.8) is 0 Å². The Morgan fingerprint density at radius 3 is 0.825 bits per heavy atom. The number of carbonyl (C=O) groups is 5. The zero-order valence-electron chi connectivity index (χ0n) is 65.8. The minimum absolute atomic E-state index is 0. The molecule has 1 aromatic rings. The molecule has 568 valence electrons. The number of amides is 3. The number of carbonyl (C=O) groups excluding carboxylic acids is 5. The number of carboxylic acid groups (broad SMARTS) is 2. The van der Waals surface area contributed by atoms with E-state index in [9.17, 15) is 49.5 Å². The summed E-state index contributed by atoms with van der Waals surface area (Å²) in [5.74, 6) is -2.67. The summed E-state index contributed by atoms with van der Waals surface area (Å²) in [5.41, 5.74) is -1.96. The predicted octanol–water partition coefficient (Wildman–Crippen LogP) is 4.27. The van der Waals surface area contributed by atoms with Crippen molar-refractivity contribution in [3.8, 4) is 0 Å². The van der Waals surface area contributed by atoms with Gasteiger partial charge in [0.1, 0.15) is 0 Å². The van der Waals surface area contributed by atoms with Crippen LogP contribution in [0.1, 0.15) is 243 Å². The highest BCUT2D eigenvalue weighted by Gasteiger charge is 2.57. The van der Waals surface area contributed by atoms with E-state index < -0.39 is 30.3 Å². The van der Waals surface area contributed by atoms with Crippen LogP contribution in [0.2, 0.25) is 0 Å². The Morgan fingerprint density at radius 1 is 0.454 bits per heavy atom. The lowest BCUT2D eigenvalue weighted by Gasteiger charge is -2.58. The molecule has 3 aliphatic heterocycles. The van der Waals surface area contributed by atoms with Crippen molar-refractivity contribution in [1.82, 2.24) is 31.1 Å². The molecular formula is C74H142BrN9O13. The fourth-order valence-electron chi connectivity index (χ4n) is 13.2. The molecule has 0 saturated carbocycles. The van der Waals surface area contributed by atoms with Crippen molar-refractivity contribution < 1.29 is 94.4 Å². The van der Waals surface area contributed by atoms with E-state index in [1.54, 1.807) is 0 Å². The highest BCUT2D eigenvalue weighted by atomic mass is 79.9. The van der Waals surface area contributed by atoms with Gasteiger partial charge in [0.25, 0.3) is 17.7 Å². The highest BCUT2D eigenvalue weighted by Crippen LogP contribution is 2.49. The summed E-state index contributed by atoms with van der Waals surface area (Å²) in [7, 11) is 13.2. The van der Waals surface area contributed by atoms with Crippen molar-refractivity contribution in [2.75, 3.05) is 101 Å². The second-order valence-corrected chi connectivity index (χ2v) is 31.5. The van der Waals surface area contributed by atoms with Crippen molar-refractivity contribution in [1.29, 1.82) is 0 Å². The molecule has 3 saturated heterocycles. The first-order valence-corrected chi connectivity index (χ1v) is 36.5. The van der Waals surface area contributed by atoms with Crippen LogP contribution in [0.5, 0.6) is 0 Å². The van der Waals surface area contributed by atoms with E-state index in [2.05, 4.69) is 183 Å². The number of aromatic carboxylic acids is 2. The average Bonchev–Trinajstić information content (AvgIpc) is 0.760. The monoisotopic (exact) mass is 1440 g/mol. The normalized spacial score (nSPS) is 29.7. The van der Waals surface area contributed by atoms with Crippen LogP contribution in [0.4, 0.5) is 0 Å². The summed E-state index contributed by atoms with van der Waals surface area (Å²) in [6.07, 6.45) is 7.13. The zero-order valence-corrected chi connectivity index (χ0v) is 67.4. The molecule has 0 radical (unpaired) electrons. The Bertz CT molecular complexity index is 2290. The first-order chi connectivity index (χ1) is 44.2. The number of hydroxylamine groups is 6. The molecule has 0 bridgehead atoms. The minimum atomic E-state index is -1.33. The number of hydrogen-bond donors (Lipinski definition) is 6. The summed E-state index contributed by atoms with van der Waals surface area (Å²) in [6.45, 7) is 52.2. The second kappa shape index (κ2) is 40.4. The number of benzene rings is 1. The van der Waals surface area contributed by atoms with E-state index >= 15 is 0 Å². The van der Waals surface area contributed by atoms with Crippen LogP contribution in [0, 0.1) is 17.8 Å². The van der Waals surface area contributed by atoms with Crippen LogP contribution in [0.15, 0.2) is 24.3 Å². The second-order valence-electron chi connectivity index (χ2n) is 31.5. The SMILES string of the molecule is CCC1(C)CC(O)C(C)C(C)(CC)N1OC(C)C(=O)NCCC[N+](C)(C)CC.CCC1(C)CC(O)C(C)C(C)(CC)N1OC(C)C(=O)NCCC[N+](C)(C)CC.CCC1(C)CC(O)C(C)C(C)(CC)N1OC(C)C(=O)NCCC[N+](C)(C)CC.O=C([O-])c1ccc(C(=O)[O-])cc1.[Br-]. The van der Waals surface area contributed by atoms with Crippen LogP contribution in [0.3, 0.4) is 0 Å². The lowest BCUT2D eigenvalue weighted by molar-refractivity contribution is -0.888. The van der Waals surface area contributed by atoms with E-state index in [1.807, 2.05) is 36.0 Å². The molecule has 23 heteroatoms. The van der Waals surface area contributed by atoms with Gasteiger partial charge in [0.2, 0.25) is 0 Å². The maximum atomic E-state index is 12.6. The molecule has 3 amide bonds. The third-order valence-corrected chi connectivity index (χ3v) is 23.5. The third-order valence-electron chi connectivity index (χ3n) is 23.5. The van der Waals surface area contributed by atoms with Gasteiger partial charge in [-0.2, -0.15) is 15.2 Å². The fourth-order valence-corrected chi connectivity index (χ4v) is 13.2. The number of hydrogen-bond acceptors (Lipinski definition) is 16. The van der Waals surface area contributed by atoms with Gasteiger partial charge in [0.05, 0.1) is 112 Å². The quantitative estimate of drug-likeness (QED) is 0.0435. The van der Waals surface area contributed by atoms with E-state index in [0.717, 1.165) is 135 Å². The molecule has 4 rings (SSSR count). The topological polar surface area (TPSA) is 266 Å². The van der Waals surface area contributed by atoms with Gasteiger partial charge in [0.15, 0.2) is 18.3 Å². The minimum Gasteiger partial charge on any atom is -1.00 e. The Labute approximate surface area is 599 Å². The number of nitrogens with one attached hydrogen (secondary N) is 3. The number of nitrogens with zero attached hydrogens (tertiary/aromatic N) is 6. The maximum absolute atomic E-state index is 12.6. The largest absolute Gasteiger partial charge is 1.00 e. The van der Waals surface area contributed by atoms with E-state index in [4.69, 9.17) is 14.5 Å². The number of halogens is 1.